The molecule has 0 amide bonds. The molecule has 2 aromatic heterocycles. The van der Waals surface area contributed by atoms with E-state index >= 15 is 0 Å². The lowest BCUT2D eigenvalue weighted by Gasteiger charge is -2.15. The molecular formula is C12H16F2N6. The third-order valence-corrected chi connectivity index (χ3v) is 3.41. The number of imidazole rings is 1. The second kappa shape index (κ2) is 4.93. The predicted molar refractivity (Wildman–Crippen MR) is 70.8 cm³/mol. The molecule has 3 heterocycles. The van der Waals surface area contributed by atoms with Gasteiger partial charge in [-0.25, -0.2) is 9.37 Å². The molecule has 0 aromatic carbocycles. The van der Waals surface area contributed by atoms with E-state index in [-0.39, 0.29) is 18.4 Å². The van der Waals surface area contributed by atoms with Crippen molar-refractivity contribution < 1.29 is 8.78 Å². The van der Waals surface area contributed by atoms with Crippen molar-refractivity contribution in [3.63, 3.8) is 0 Å². The van der Waals surface area contributed by atoms with Gasteiger partial charge in [-0.2, -0.15) is 14.4 Å². The van der Waals surface area contributed by atoms with Gasteiger partial charge >= 0.3 is 6.08 Å². The lowest BCUT2D eigenvalue weighted by Crippen LogP contribution is -2.30. The Hall–Kier alpha value is -1.83. The first kappa shape index (κ1) is 13.2. The molecule has 1 aliphatic rings. The number of aromatic nitrogens is 4. The van der Waals surface area contributed by atoms with Gasteiger partial charge in [-0.05, 0) is 13.8 Å². The van der Waals surface area contributed by atoms with Crippen molar-refractivity contribution in [2.24, 2.45) is 0 Å². The molecule has 20 heavy (non-hydrogen) atoms. The summed E-state index contributed by atoms with van der Waals surface area (Å²) < 4.78 is 29.0. The maximum absolute atomic E-state index is 13.6. The van der Waals surface area contributed by atoms with E-state index in [0.717, 1.165) is 0 Å². The van der Waals surface area contributed by atoms with Crippen LogP contribution in [0.5, 0.6) is 0 Å². The van der Waals surface area contributed by atoms with E-state index in [2.05, 4.69) is 25.6 Å². The minimum Gasteiger partial charge on any atom is -0.361 e. The number of nitrogens with one attached hydrogen (secondary N) is 2. The molecule has 0 bridgehead atoms. The zero-order chi connectivity index (χ0) is 14.3. The van der Waals surface area contributed by atoms with E-state index < -0.39 is 18.3 Å². The van der Waals surface area contributed by atoms with Gasteiger partial charge in [-0.15, -0.1) is 0 Å². The van der Waals surface area contributed by atoms with Gasteiger partial charge in [0.2, 0.25) is 0 Å². The Morgan fingerprint density at radius 1 is 1.40 bits per heavy atom. The van der Waals surface area contributed by atoms with E-state index in [0.29, 0.717) is 17.7 Å². The lowest BCUT2D eigenvalue weighted by molar-refractivity contribution is 0.342. The summed E-state index contributed by atoms with van der Waals surface area (Å²) in [5.41, 5.74) is 0.871. The van der Waals surface area contributed by atoms with Crippen molar-refractivity contribution in [3.8, 4) is 0 Å². The number of alkyl halides is 1. The van der Waals surface area contributed by atoms with Gasteiger partial charge in [0.05, 0.1) is 12.4 Å². The van der Waals surface area contributed by atoms with Gasteiger partial charge in [-0.1, -0.05) is 0 Å². The molecule has 1 saturated heterocycles. The van der Waals surface area contributed by atoms with E-state index in [1.54, 1.807) is 10.9 Å². The van der Waals surface area contributed by atoms with Crippen LogP contribution in [0, 0.1) is 6.08 Å². The fraction of sp³-hybridized carbons (Fsp3) is 0.583. The van der Waals surface area contributed by atoms with Crippen molar-refractivity contribution in [1.82, 2.24) is 24.8 Å². The fourth-order valence-corrected chi connectivity index (χ4v) is 2.33. The van der Waals surface area contributed by atoms with Crippen molar-refractivity contribution >= 4 is 17.0 Å². The number of anilines is 1. The average Bonchev–Trinajstić information content (AvgIpc) is 2.96. The Bertz CT molecular complexity index is 626. The molecule has 2 aromatic rings. The highest BCUT2D eigenvalue weighted by molar-refractivity contribution is 5.83. The van der Waals surface area contributed by atoms with Gasteiger partial charge in [0.25, 0.3) is 0 Å². The zero-order valence-electron chi connectivity index (χ0n) is 11.3. The van der Waals surface area contributed by atoms with Crippen LogP contribution in [0.3, 0.4) is 0 Å². The Morgan fingerprint density at radius 2 is 2.20 bits per heavy atom. The molecule has 3 rings (SSSR count). The highest BCUT2D eigenvalue weighted by atomic mass is 19.1. The first-order valence-corrected chi connectivity index (χ1v) is 6.57. The SMILES string of the molecule is CC(C)n1cnc2c(N[C@@H]3CNC[C@H]3F)nc(F)nc21. The summed E-state index contributed by atoms with van der Waals surface area (Å²) in [5, 5.41) is 5.85. The van der Waals surface area contributed by atoms with Crippen LogP contribution in [0.2, 0.25) is 0 Å². The highest BCUT2D eigenvalue weighted by Crippen LogP contribution is 2.23. The number of fused-ring (bicyclic) bond motifs is 1. The maximum Gasteiger partial charge on any atom is 0.312 e. The molecule has 108 valence electrons. The van der Waals surface area contributed by atoms with Crippen molar-refractivity contribution in [2.75, 3.05) is 18.4 Å². The molecule has 1 fully saturated rings. The predicted octanol–water partition coefficient (Wildman–Crippen LogP) is 1.27. The molecule has 6 nitrogen and oxygen atoms in total. The smallest absolute Gasteiger partial charge is 0.312 e. The van der Waals surface area contributed by atoms with E-state index in [9.17, 15) is 8.78 Å². The number of halogens is 2. The highest BCUT2D eigenvalue weighted by Gasteiger charge is 2.28. The third-order valence-electron chi connectivity index (χ3n) is 3.41. The number of hydrogen-bond acceptors (Lipinski definition) is 5. The molecule has 2 atom stereocenters. The summed E-state index contributed by atoms with van der Waals surface area (Å²) in [5.74, 6) is 0.239. The lowest BCUT2D eigenvalue weighted by atomic mass is 10.2. The first-order chi connectivity index (χ1) is 9.56. The van der Waals surface area contributed by atoms with Crippen molar-refractivity contribution in [3.05, 3.63) is 12.4 Å². The van der Waals surface area contributed by atoms with Crippen LogP contribution in [-0.4, -0.2) is 44.8 Å². The van der Waals surface area contributed by atoms with Crippen LogP contribution < -0.4 is 10.6 Å². The number of hydrogen-bond donors (Lipinski definition) is 2. The largest absolute Gasteiger partial charge is 0.361 e. The van der Waals surface area contributed by atoms with Gasteiger partial charge in [0.15, 0.2) is 17.0 Å². The summed E-state index contributed by atoms with van der Waals surface area (Å²) >= 11 is 0. The second-order valence-electron chi connectivity index (χ2n) is 5.18. The number of rotatable bonds is 3. The Morgan fingerprint density at radius 3 is 2.85 bits per heavy atom. The summed E-state index contributed by atoms with van der Waals surface area (Å²) in [6.45, 7) is 4.66. The van der Waals surface area contributed by atoms with Crippen LogP contribution in [0.25, 0.3) is 11.2 Å². The Labute approximate surface area is 114 Å². The standard InChI is InChI=1S/C12H16F2N6/c1-6(2)20-5-16-9-10(18-12(14)19-11(9)20)17-8-4-15-3-7(8)13/h5-8,15H,3-4H2,1-2H3,(H,17,18,19)/t7-,8-/m1/s1. The molecule has 8 heteroatoms. The summed E-state index contributed by atoms with van der Waals surface area (Å²) in [6.07, 6.45) is -0.284. The van der Waals surface area contributed by atoms with Crippen LogP contribution in [0.4, 0.5) is 14.6 Å². The molecule has 0 unspecified atom stereocenters. The molecule has 0 aliphatic carbocycles. The van der Waals surface area contributed by atoms with Crippen LogP contribution in [0.1, 0.15) is 19.9 Å². The quantitative estimate of drug-likeness (QED) is 0.830. The van der Waals surface area contributed by atoms with Gasteiger partial charge in [-0.3, -0.25) is 0 Å². The summed E-state index contributed by atoms with van der Waals surface area (Å²) in [7, 11) is 0. The first-order valence-electron chi connectivity index (χ1n) is 6.57. The van der Waals surface area contributed by atoms with Crippen LogP contribution >= 0.6 is 0 Å². The van der Waals surface area contributed by atoms with Crippen LogP contribution in [-0.2, 0) is 0 Å². The Kier molecular flexibility index (Phi) is 3.25. The molecule has 0 saturated carbocycles. The maximum atomic E-state index is 13.6. The summed E-state index contributed by atoms with van der Waals surface area (Å²) in [4.78, 5) is 11.7. The fourth-order valence-electron chi connectivity index (χ4n) is 2.33. The van der Waals surface area contributed by atoms with Crippen molar-refractivity contribution in [1.29, 1.82) is 0 Å². The molecule has 0 radical (unpaired) electrons. The molecule has 0 spiro atoms. The molecular weight excluding hydrogens is 266 g/mol. The average molecular weight is 282 g/mol. The van der Waals surface area contributed by atoms with E-state index in [1.807, 2.05) is 13.8 Å². The normalized spacial score (nSPS) is 22.9. The Balaban J connectivity index is 2.02. The molecule has 2 N–H and O–H groups in total. The van der Waals surface area contributed by atoms with E-state index in [4.69, 9.17) is 0 Å². The van der Waals surface area contributed by atoms with Gasteiger partial charge < -0.3 is 15.2 Å². The minimum absolute atomic E-state index is 0.101. The molecule has 1 aliphatic heterocycles. The van der Waals surface area contributed by atoms with Gasteiger partial charge in [0.1, 0.15) is 6.17 Å². The third kappa shape index (κ3) is 2.20. The summed E-state index contributed by atoms with van der Waals surface area (Å²) in [6, 6.07) is -0.332. The zero-order valence-corrected chi connectivity index (χ0v) is 11.3. The number of nitrogens with zero attached hydrogens (tertiary/aromatic N) is 4. The second-order valence-corrected chi connectivity index (χ2v) is 5.18. The van der Waals surface area contributed by atoms with Gasteiger partial charge in [0, 0.05) is 19.1 Å². The van der Waals surface area contributed by atoms with Crippen molar-refractivity contribution in [2.45, 2.75) is 32.1 Å². The minimum atomic E-state index is -1.03. The van der Waals surface area contributed by atoms with E-state index in [1.165, 1.54) is 0 Å². The van der Waals surface area contributed by atoms with Crippen LogP contribution in [0.15, 0.2) is 6.33 Å². The monoisotopic (exact) mass is 282 g/mol. The topological polar surface area (TPSA) is 67.7 Å².